The summed E-state index contributed by atoms with van der Waals surface area (Å²) in [6, 6.07) is 6.11. The normalized spacial score (nSPS) is 11.2. The molecule has 0 aliphatic heterocycles. The quantitative estimate of drug-likeness (QED) is 0.785. The molecule has 0 amide bonds. The van der Waals surface area contributed by atoms with Crippen LogP contribution in [0.5, 0.6) is 0 Å². The monoisotopic (exact) mass is 290 g/mol. The van der Waals surface area contributed by atoms with Crippen LogP contribution in [-0.2, 0) is 0 Å². The number of aromatic carboxylic acids is 1. The maximum Gasteiger partial charge on any atom is 0.347 e. The van der Waals surface area contributed by atoms with Crippen molar-refractivity contribution in [1.29, 1.82) is 0 Å². The average Bonchev–Trinajstić information content (AvgIpc) is 2.89. The molecule has 0 saturated heterocycles. The molecule has 3 rings (SSSR count). The smallest absolute Gasteiger partial charge is 0.347 e. The number of fused-ring (bicyclic) bond motifs is 1. The number of nitrogens with zero attached hydrogens (tertiary/aromatic N) is 2. The van der Waals surface area contributed by atoms with Crippen LogP contribution in [0.4, 0.5) is 4.39 Å². The van der Waals surface area contributed by atoms with Crippen molar-refractivity contribution in [1.82, 2.24) is 9.38 Å². The first-order valence-corrected chi connectivity index (χ1v) is 6.78. The Kier molecular flexibility index (Phi) is 2.83. The summed E-state index contributed by atoms with van der Waals surface area (Å²) in [5, 5.41) is 9.12. The number of carboxylic acids is 1. The Labute approximate surface area is 118 Å². The van der Waals surface area contributed by atoms with E-state index in [4.69, 9.17) is 5.11 Å². The highest BCUT2D eigenvalue weighted by Gasteiger charge is 2.20. The number of carbonyl (C=O) groups is 1. The van der Waals surface area contributed by atoms with Crippen molar-refractivity contribution in [2.24, 2.45) is 0 Å². The summed E-state index contributed by atoms with van der Waals surface area (Å²) in [6.45, 7) is 3.64. The van der Waals surface area contributed by atoms with Gasteiger partial charge in [-0.1, -0.05) is 11.3 Å². The van der Waals surface area contributed by atoms with E-state index in [1.807, 2.05) is 11.3 Å². The van der Waals surface area contributed by atoms with Crippen LogP contribution in [0.3, 0.4) is 0 Å². The third-order valence-electron chi connectivity index (χ3n) is 3.25. The molecule has 3 aromatic rings. The molecule has 4 nitrogen and oxygen atoms in total. The van der Waals surface area contributed by atoms with Gasteiger partial charge in [-0.15, -0.1) is 0 Å². The second-order valence-corrected chi connectivity index (χ2v) is 5.47. The van der Waals surface area contributed by atoms with E-state index in [0.29, 0.717) is 15.5 Å². The Balaban J connectivity index is 2.22. The van der Waals surface area contributed by atoms with Gasteiger partial charge in [-0.2, -0.15) is 0 Å². The van der Waals surface area contributed by atoms with Crippen LogP contribution in [0.1, 0.15) is 21.1 Å². The van der Waals surface area contributed by atoms with Gasteiger partial charge in [0.25, 0.3) is 0 Å². The molecule has 0 spiro atoms. The van der Waals surface area contributed by atoms with Crippen LogP contribution in [0, 0.1) is 19.7 Å². The Hall–Kier alpha value is -2.21. The minimum Gasteiger partial charge on any atom is -0.477 e. The molecule has 20 heavy (non-hydrogen) atoms. The molecule has 0 radical (unpaired) electrons. The summed E-state index contributed by atoms with van der Waals surface area (Å²) in [5.41, 5.74) is 3.08. The fourth-order valence-electron chi connectivity index (χ4n) is 2.29. The topological polar surface area (TPSA) is 54.6 Å². The van der Waals surface area contributed by atoms with Gasteiger partial charge in [0.05, 0.1) is 5.69 Å². The van der Waals surface area contributed by atoms with Crippen molar-refractivity contribution < 1.29 is 14.3 Å². The zero-order chi connectivity index (χ0) is 14.4. The molecule has 0 aliphatic carbocycles. The number of halogens is 1. The summed E-state index contributed by atoms with van der Waals surface area (Å²) >= 11 is 1.14. The number of hydrogen-bond acceptors (Lipinski definition) is 3. The number of carboxylic acid groups (broad SMARTS) is 1. The lowest BCUT2D eigenvalue weighted by molar-refractivity contribution is 0.0701. The highest BCUT2D eigenvalue weighted by Crippen LogP contribution is 2.30. The molecule has 0 unspecified atom stereocenters. The molecule has 1 N–H and O–H groups in total. The van der Waals surface area contributed by atoms with Gasteiger partial charge in [-0.3, -0.25) is 4.40 Å². The minimum atomic E-state index is -0.944. The number of thiazole rings is 1. The number of hydrogen-bond donors (Lipinski definition) is 1. The first kappa shape index (κ1) is 12.8. The Morgan fingerprint density at radius 3 is 2.45 bits per heavy atom. The van der Waals surface area contributed by atoms with Gasteiger partial charge in [0.15, 0.2) is 4.96 Å². The van der Waals surface area contributed by atoms with Crippen LogP contribution < -0.4 is 0 Å². The van der Waals surface area contributed by atoms with Crippen LogP contribution in [-0.4, -0.2) is 20.5 Å². The molecule has 0 atom stereocenters. The fourth-order valence-corrected chi connectivity index (χ4v) is 3.30. The van der Waals surface area contributed by atoms with E-state index in [2.05, 4.69) is 4.98 Å². The third kappa shape index (κ3) is 1.80. The lowest BCUT2D eigenvalue weighted by atomic mass is 10.1. The van der Waals surface area contributed by atoms with Crippen molar-refractivity contribution in [3.8, 4) is 11.3 Å². The molecule has 2 heterocycles. The first-order chi connectivity index (χ1) is 9.49. The molecule has 102 valence electrons. The van der Waals surface area contributed by atoms with E-state index < -0.39 is 5.97 Å². The van der Waals surface area contributed by atoms with Crippen molar-refractivity contribution in [2.75, 3.05) is 0 Å². The summed E-state index contributed by atoms with van der Waals surface area (Å²) in [4.78, 5) is 16.5. The van der Waals surface area contributed by atoms with Crippen LogP contribution in [0.15, 0.2) is 24.3 Å². The maximum absolute atomic E-state index is 13.0. The molecule has 2 aromatic heterocycles. The van der Waals surface area contributed by atoms with E-state index in [9.17, 15) is 9.18 Å². The lowest BCUT2D eigenvalue weighted by Gasteiger charge is -2.00. The van der Waals surface area contributed by atoms with E-state index >= 15 is 0 Å². The van der Waals surface area contributed by atoms with Crippen molar-refractivity contribution in [2.45, 2.75) is 13.8 Å². The molecule has 0 aliphatic rings. The maximum atomic E-state index is 13.0. The molecular formula is C14H11FN2O2S. The first-order valence-electron chi connectivity index (χ1n) is 5.96. The number of imidazole rings is 1. The van der Waals surface area contributed by atoms with Gasteiger partial charge < -0.3 is 5.11 Å². The van der Waals surface area contributed by atoms with Crippen molar-refractivity contribution in [3.05, 3.63) is 46.3 Å². The van der Waals surface area contributed by atoms with Gasteiger partial charge >= 0.3 is 5.97 Å². The van der Waals surface area contributed by atoms with Crippen LogP contribution in [0.25, 0.3) is 16.2 Å². The summed E-state index contributed by atoms with van der Waals surface area (Å²) in [6.07, 6.45) is 0. The highest BCUT2D eigenvalue weighted by molar-refractivity contribution is 7.19. The average molecular weight is 290 g/mol. The predicted molar refractivity (Wildman–Crippen MR) is 74.9 cm³/mol. The van der Waals surface area contributed by atoms with Gasteiger partial charge in [0.2, 0.25) is 0 Å². The highest BCUT2D eigenvalue weighted by atomic mass is 32.1. The summed E-state index contributed by atoms with van der Waals surface area (Å²) < 4.78 is 14.8. The third-order valence-corrected chi connectivity index (χ3v) is 4.38. The lowest BCUT2D eigenvalue weighted by Crippen LogP contribution is -1.98. The van der Waals surface area contributed by atoms with E-state index in [0.717, 1.165) is 28.3 Å². The SMILES string of the molecule is Cc1c(-c2ccc(F)cc2)nc2sc(C(=O)O)c(C)n12. The molecule has 0 bridgehead atoms. The number of benzene rings is 1. The second-order valence-electron chi connectivity index (χ2n) is 4.49. The molecule has 1 aromatic carbocycles. The van der Waals surface area contributed by atoms with E-state index in [1.165, 1.54) is 12.1 Å². The predicted octanol–water partition coefficient (Wildman–Crippen LogP) is 3.52. The molecule has 0 saturated carbocycles. The largest absolute Gasteiger partial charge is 0.477 e. The minimum absolute atomic E-state index is 0.293. The number of aryl methyl sites for hydroxylation is 2. The molecule has 6 heteroatoms. The van der Waals surface area contributed by atoms with Gasteiger partial charge in [-0.05, 0) is 38.1 Å². The van der Waals surface area contributed by atoms with E-state index in [-0.39, 0.29) is 5.82 Å². The number of aromatic nitrogens is 2. The Morgan fingerprint density at radius 1 is 1.25 bits per heavy atom. The van der Waals surface area contributed by atoms with Crippen LogP contribution >= 0.6 is 11.3 Å². The standard InChI is InChI=1S/C14H11FN2O2S/c1-7-11(9-3-5-10(15)6-4-9)16-14-17(7)8(2)12(20-14)13(18)19/h3-6H,1-2H3,(H,18,19). The summed E-state index contributed by atoms with van der Waals surface area (Å²) in [5.74, 6) is -1.24. The van der Waals surface area contributed by atoms with Gasteiger partial charge in [0.1, 0.15) is 10.7 Å². The Bertz CT molecular complexity index is 818. The molecule has 0 fully saturated rings. The molecular weight excluding hydrogens is 279 g/mol. The Morgan fingerprint density at radius 2 is 1.90 bits per heavy atom. The second kappa shape index (κ2) is 4.42. The van der Waals surface area contributed by atoms with Crippen molar-refractivity contribution in [3.63, 3.8) is 0 Å². The van der Waals surface area contributed by atoms with Crippen molar-refractivity contribution >= 4 is 22.3 Å². The van der Waals surface area contributed by atoms with Gasteiger partial charge in [-0.25, -0.2) is 14.2 Å². The fraction of sp³-hybridized carbons (Fsp3) is 0.143. The summed E-state index contributed by atoms with van der Waals surface area (Å²) in [7, 11) is 0. The van der Waals surface area contributed by atoms with Gasteiger partial charge in [0, 0.05) is 17.0 Å². The number of rotatable bonds is 2. The zero-order valence-electron chi connectivity index (χ0n) is 10.8. The zero-order valence-corrected chi connectivity index (χ0v) is 11.7. The van der Waals surface area contributed by atoms with Crippen LogP contribution in [0.2, 0.25) is 0 Å². The van der Waals surface area contributed by atoms with E-state index in [1.54, 1.807) is 19.1 Å².